The van der Waals surface area contributed by atoms with E-state index in [9.17, 15) is 4.79 Å². The molecule has 4 nitrogen and oxygen atoms in total. The van der Waals surface area contributed by atoms with Crippen LogP contribution in [0.5, 0.6) is 0 Å². The molecule has 0 radical (unpaired) electrons. The molecule has 5 heteroatoms. The fourth-order valence-electron chi connectivity index (χ4n) is 2.32. The number of nitrogens with zero attached hydrogens (tertiary/aromatic N) is 1. The van der Waals surface area contributed by atoms with Crippen LogP contribution in [-0.4, -0.2) is 15.9 Å². The Balaban J connectivity index is 2.25. The number of carbonyl (C=O) groups excluding carboxylic acids is 1. The lowest BCUT2D eigenvalue weighted by Gasteiger charge is -2.09. The molecule has 100 valence electrons. The number of benzene rings is 1. The highest BCUT2D eigenvalue weighted by Crippen LogP contribution is 2.28. The Morgan fingerprint density at radius 3 is 2.85 bits per heavy atom. The molecule has 0 fully saturated rings. The Morgan fingerprint density at radius 2 is 2.10 bits per heavy atom. The zero-order valence-corrected chi connectivity index (χ0v) is 11.5. The molecule has 3 aromatic rings. The predicted octanol–water partition coefficient (Wildman–Crippen LogP) is 3.29. The van der Waals surface area contributed by atoms with Gasteiger partial charge >= 0.3 is 0 Å². The van der Waals surface area contributed by atoms with Crippen molar-refractivity contribution < 1.29 is 4.79 Å². The van der Waals surface area contributed by atoms with Gasteiger partial charge in [-0.05, 0) is 36.8 Å². The summed E-state index contributed by atoms with van der Waals surface area (Å²) >= 11 is 5.99. The van der Waals surface area contributed by atoms with E-state index in [0.717, 1.165) is 22.0 Å². The monoisotopic (exact) mass is 285 g/mol. The second-order valence-electron chi connectivity index (χ2n) is 4.61. The number of aromatic amines is 1. The van der Waals surface area contributed by atoms with E-state index >= 15 is 0 Å². The lowest BCUT2D eigenvalue weighted by atomic mass is 10.0. The predicted molar refractivity (Wildman–Crippen MR) is 79.8 cm³/mol. The summed E-state index contributed by atoms with van der Waals surface area (Å²) in [4.78, 5) is 18.9. The third kappa shape index (κ3) is 2.04. The topological polar surface area (TPSA) is 71.8 Å². The van der Waals surface area contributed by atoms with Gasteiger partial charge in [-0.15, -0.1) is 0 Å². The van der Waals surface area contributed by atoms with Crippen molar-refractivity contribution in [2.24, 2.45) is 5.73 Å². The van der Waals surface area contributed by atoms with Gasteiger partial charge in [0.1, 0.15) is 5.15 Å². The van der Waals surface area contributed by atoms with E-state index in [2.05, 4.69) is 9.97 Å². The van der Waals surface area contributed by atoms with Crippen LogP contribution in [0.4, 0.5) is 0 Å². The lowest BCUT2D eigenvalue weighted by Crippen LogP contribution is -2.13. The van der Waals surface area contributed by atoms with E-state index in [1.165, 1.54) is 6.07 Å². The summed E-state index contributed by atoms with van der Waals surface area (Å²) in [6.07, 6.45) is 1.88. The summed E-state index contributed by atoms with van der Waals surface area (Å²) in [5.74, 6) is -0.504. The molecule has 20 heavy (non-hydrogen) atoms. The first-order valence-electron chi connectivity index (χ1n) is 6.11. The number of carbonyl (C=O) groups is 1. The molecular formula is C15H12ClN3O. The molecule has 2 heterocycles. The fourth-order valence-corrected chi connectivity index (χ4v) is 2.51. The number of hydrogen-bond acceptors (Lipinski definition) is 2. The molecule has 0 saturated carbocycles. The smallest absolute Gasteiger partial charge is 0.249 e. The summed E-state index contributed by atoms with van der Waals surface area (Å²) in [6, 6.07) is 9.39. The van der Waals surface area contributed by atoms with Crippen LogP contribution in [-0.2, 0) is 0 Å². The molecule has 3 N–H and O–H groups in total. The second kappa shape index (κ2) is 4.65. The minimum Gasteiger partial charge on any atom is -0.366 e. The lowest BCUT2D eigenvalue weighted by molar-refractivity contribution is 0.0999. The van der Waals surface area contributed by atoms with Gasteiger partial charge in [-0.1, -0.05) is 17.7 Å². The normalized spacial score (nSPS) is 10.9. The molecule has 0 aliphatic rings. The molecule has 0 aliphatic carbocycles. The Kier molecular flexibility index (Phi) is 2.95. The number of amides is 1. The third-order valence-electron chi connectivity index (χ3n) is 3.33. The SMILES string of the molecule is Cc1c(C(N)=O)cc(Cl)nc1-c1ccc2[nH]ccc2c1. The summed E-state index contributed by atoms with van der Waals surface area (Å²) in [5.41, 5.74) is 9.13. The minimum absolute atomic E-state index is 0.258. The number of primary amides is 1. The van der Waals surface area contributed by atoms with Crippen LogP contribution >= 0.6 is 11.6 Å². The molecule has 0 atom stereocenters. The first-order chi connectivity index (χ1) is 9.56. The molecule has 2 aromatic heterocycles. The summed E-state index contributed by atoms with van der Waals surface area (Å²) in [7, 11) is 0. The first kappa shape index (κ1) is 12.7. The van der Waals surface area contributed by atoms with Gasteiger partial charge in [0.2, 0.25) is 5.91 Å². The van der Waals surface area contributed by atoms with Crippen molar-refractivity contribution >= 4 is 28.4 Å². The van der Waals surface area contributed by atoms with Crippen molar-refractivity contribution in [3.8, 4) is 11.3 Å². The van der Waals surface area contributed by atoms with Gasteiger partial charge in [-0.2, -0.15) is 0 Å². The summed E-state index contributed by atoms with van der Waals surface area (Å²) in [5, 5.41) is 1.33. The van der Waals surface area contributed by atoms with Crippen molar-refractivity contribution in [2.75, 3.05) is 0 Å². The Labute approximate surface area is 120 Å². The Bertz CT molecular complexity index is 823. The average Bonchev–Trinajstić information content (AvgIpc) is 2.87. The number of rotatable bonds is 2. The third-order valence-corrected chi connectivity index (χ3v) is 3.53. The van der Waals surface area contributed by atoms with E-state index in [4.69, 9.17) is 17.3 Å². The van der Waals surface area contributed by atoms with Gasteiger partial charge in [0.05, 0.1) is 5.69 Å². The van der Waals surface area contributed by atoms with E-state index < -0.39 is 5.91 Å². The molecule has 3 rings (SSSR count). The maximum Gasteiger partial charge on any atom is 0.249 e. The number of nitrogens with two attached hydrogens (primary N) is 1. The highest BCUT2D eigenvalue weighted by Gasteiger charge is 2.14. The van der Waals surface area contributed by atoms with Crippen LogP contribution in [0, 0.1) is 6.92 Å². The van der Waals surface area contributed by atoms with E-state index in [1.54, 1.807) is 0 Å². The molecule has 0 unspecified atom stereocenters. The number of halogens is 1. The van der Waals surface area contributed by atoms with Crippen LogP contribution in [0.25, 0.3) is 22.2 Å². The van der Waals surface area contributed by atoms with Crippen molar-refractivity contribution in [3.63, 3.8) is 0 Å². The zero-order chi connectivity index (χ0) is 14.3. The quantitative estimate of drug-likeness (QED) is 0.709. The number of aromatic nitrogens is 2. The van der Waals surface area contributed by atoms with Crippen LogP contribution in [0.2, 0.25) is 5.15 Å². The van der Waals surface area contributed by atoms with Gasteiger partial charge in [0.15, 0.2) is 0 Å². The highest BCUT2D eigenvalue weighted by molar-refractivity contribution is 6.30. The van der Waals surface area contributed by atoms with Gasteiger partial charge in [0.25, 0.3) is 0 Å². The number of H-pyrrole nitrogens is 1. The van der Waals surface area contributed by atoms with Crippen molar-refractivity contribution in [1.82, 2.24) is 9.97 Å². The standard InChI is InChI=1S/C15H12ClN3O/c1-8-11(15(17)20)7-13(16)19-14(8)10-2-3-12-9(6-10)4-5-18-12/h2-7,18H,1H3,(H2,17,20). The number of fused-ring (bicyclic) bond motifs is 1. The second-order valence-corrected chi connectivity index (χ2v) is 5.00. The van der Waals surface area contributed by atoms with E-state index in [0.29, 0.717) is 11.3 Å². The molecule has 1 amide bonds. The maximum atomic E-state index is 11.5. The van der Waals surface area contributed by atoms with E-state index in [1.807, 2.05) is 37.4 Å². The molecule has 0 aliphatic heterocycles. The summed E-state index contributed by atoms with van der Waals surface area (Å²) in [6.45, 7) is 1.82. The molecular weight excluding hydrogens is 274 g/mol. The Hall–Kier alpha value is -2.33. The maximum absolute atomic E-state index is 11.5. The van der Waals surface area contributed by atoms with Crippen molar-refractivity contribution in [1.29, 1.82) is 0 Å². The molecule has 0 saturated heterocycles. The zero-order valence-electron chi connectivity index (χ0n) is 10.8. The minimum atomic E-state index is -0.504. The molecule has 0 spiro atoms. The van der Waals surface area contributed by atoms with E-state index in [-0.39, 0.29) is 5.15 Å². The first-order valence-corrected chi connectivity index (χ1v) is 6.48. The number of pyridine rings is 1. The van der Waals surface area contributed by atoms with Crippen LogP contribution in [0.3, 0.4) is 0 Å². The van der Waals surface area contributed by atoms with Crippen molar-refractivity contribution in [2.45, 2.75) is 6.92 Å². The van der Waals surface area contributed by atoms with Gasteiger partial charge < -0.3 is 10.7 Å². The average molecular weight is 286 g/mol. The van der Waals surface area contributed by atoms with Crippen LogP contribution in [0.1, 0.15) is 15.9 Å². The van der Waals surface area contributed by atoms with Gasteiger partial charge in [0, 0.05) is 28.2 Å². The molecule has 1 aromatic carbocycles. The largest absolute Gasteiger partial charge is 0.366 e. The van der Waals surface area contributed by atoms with Crippen molar-refractivity contribution in [3.05, 3.63) is 52.8 Å². The molecule has 0 bridgehead atoms. The van der Waals surface area contributed by atoms with Crippen LogP contribution in [0.15, 0.2) is 36.5 Å². The highest BCUT2D eigenvalue weighted by atomic mass is 35.5. The number of nitrogens with one attached hydrogen (secondary N) is 1. The van der Waals surface area contributed by atoms with Gasteiger partial charge in [-0.25, -0.2) is 4.98 Å². The van der Waals surface area contributed by atoms with Crippen LogP contribution < -0.4 is 5.73 Å². The number of hydrogen-bond donors (Lipinski definition) is 2. The van der Waals surface area contributed by atoms with Gasteiger partial charge in [-0.3, -0.25) is 4.79 Å². The Morgan fingerprint density at radius 1 is 1.30 bits per heavy atom. The summed E-state index contributed by atoms with van der Waals surface area (Å²) < 4.78 is 0. The fraction of sp³-hybridized carbons (Fsp3) is 0.0667.